The van der Waals surface area contributed by atoms with Crippen LogP contribution in [0.15, 0.2) is 30.3 Å². The highest BCUT2D eigenvalue weighted by Gasteiger charge is 2.17. The van der Waals surface area contributed by atoms with Gasteiger partial charge in [0.2, 0.25) is 0 Å². The lowest BCUT2D eigenvalue weighted by atomic mass is 10.0. The Labute approximate surface area is 111 Å². The molecule has 1 fully saturated rings. The Bertz CT molecular complexity index is 317. The summed E-state index contributed by atoms with van der Waals surface area (Å²) < 4.78 is 0. The minimum absolute atomic E-state index is 0.490. The fourth-order valence-corrected chi connectivity index (χ4v) is 2.69. The van der Waals surface area contributed by atoms with E-state index in [0.717, 1.165) is 13.1 Å². The van der Waals surface area contributed by atoms with Crippen molar-refractivity contribution in [2.24, 2.45) is 0 Å². The molecule has 0 saturated carbocycles. The first-order chi connectivity index (χ1) is 8.90. The lowest BCUT2D eigenvalue weighted by molar-refractivity contribution is 0.205. The lowest BCUT2D eigenvalue weighted by Crippen LogP contribution is -2.38. The number of rotatable bonds is 6. The summed E-state index contributed by atoms with van der Waals surface area (Å²) in [5, 5.41) is 3.69. The van der Waals surface area contributed by atoms with Gasteiger partial charge < -0.3 is 10.2 Å². The Kier molecular flexibility index (Phi) is 5.69. The molecule has 1 heterocycles. The highest BCUT2D eigenvalue weighted by molar-refractivity contribution is 5.19. The molecule has 2 heteroatoms. The zero-order valence-electron chi connectivity index (χ0n) is 11.6. The summed E-state index contributed by atoms with van der Waals surface area (Å²) in [6.45, 7) is 7.04. The van der Waals surface area contributed by atoms with Crippen molar-refractivity contribution < 1.29 is 0 Å². The van der Waals surface area contributed by atoms with Gasteiger partial charge in [0.25, 0.3) is 0 Å². The molecule has 1 aromatic rings. The summed E-state index contributed by atoms with van der Waals surface area (Å²) in [5.74, 6) is 0. The van der Waals surface area contributed by atoms with E-state index in [-0.39, 0.29) is 0 Å². The average Bonchev–Trinajstić information content (AvgIpc) is 2.45. The van der Waals surface area contributed by atoms with E-state index in [0.29, 0.717) is 6.04 Å². The highest BCUT2D eigenvalue weighted by Crippen LogP contribution is 2.17. The van der Waals surface area contributed by atoms with Gasteiger partial charge in [-0.05, 0) is 44.5 Å². The summed E-state index contributed by atoms with van der Waals surface area (Å²) in [6.07, 6.45) is 5.35. The van der Waals surface area contributed by atoms with E-state index < -0.39 is 0 Å². The Morgan fingerprint density at radius 1 is 1.11 bits per heavy atom. The molecule has 0 aromatic heterocycles. The molecule has 0 spiro atoms. The van der Waals surface area contributed by atoms with Crippen LogP contribution < -0.4 is 5.32 Å². The molecular formula is C16H26N2. The van der Waals surface area contributed by atoms with Crippen molar-refractivity contribution in [3.63, 3.8) is 0 Å². The van der Waals surface area contributed by atoms with Gasteiger partial charge in [0.05, 0.1) is 0 Å². The molecule has 2 rings (SSSR count). The van der Waals surface area contributed by atoms with E-state index in [9.17, 15) is 0 Å². The lowest BCUT2D eigenvalue weighted by Gasteiger charge is -2.31. The molecular weight excluding hydrogens is 220 g/mol. The van der Waals surface area contributed by atoms with Crippen molar-refractivity contribution in [1.29, 1.82) is 0 Å². The standard InChI is InChI=1S/C16H26N2/c1-2-11-17-16(15-9-5-3-6-10-15)14-18-12-7-4-8-13-18/h3,5-6,9-10,16-17H,2,4,7-8,11-14H2,1H3/t16-/m0/s1. The number of benzene rings is 1. The molecule has 1 aromatic carbocycles. The van der Waals surface area contributed by atoms with Gasteiger partial charge in [-0.3, -0.25) is 0 Å². The van der Waals surface area contributed by atoms with Crippen molar-refractivity contribution in [2.45, 2.75) is 38.6 Å². The quantitative estimate of drug-likeness (QED) is 0.829. The summed E-state index contributed by atoms with van der Waals surface area (Å²) in [7, 11) is 0. The number of nitrogens with one attached hydrogen (secondary N) is 1. The number of hydrogen-bond acceptors (Lipinski definition) is 2. The third-order valence-electron chi connectivity index (χ3n) is 3.73. The zero-order valence-corrected chi connectivity index (χ0v) is 11.6. The van der Waals surface area contributed by atoms with Crippen LogP contribution in [-0.4, -0.2) is 31.1 Å². The molecule has 0 amide bonds. The topological polar surface area (TPSA) is 15.3 Å². The molecule has 0 aliphatic carbocycles. The van der Waals surface area contributed by atoms with Gasteiger partial charge in [0, 0.05) is 12.6 Å². The molecule has 2 nitrogen and oxygen atoms in total. The Morgan fingerprint density at radius 2 is 1.83 bits per heavy atom. The third-order valence-corrected chi connectivity index (χ3v) is 3.73. The highest BCUT2D eigenvalue weighted by atomic mass is 15.1. The van der Waals surface area contributed by atoms with Gasteiger partial charge in [-0.15, -0.1) is 0 Å². The number of hydrogen-bond donors (Lipinski definition) is 1. The fourth-order valence-electron chi connectivity index (χ4n) is 2.69. The molecule has 1 aliphatic rings. The summed E-state index contributed by atoms with van der Waals surface area (Å²) >= 11 is 0. The van der Waals surface area contributed by atoms with Crippen molar-refractivity contribution in [2.75, 3.05) is 26.2 Å². The van der Waals surface area contributed by atoms with Crippen LogP contribution in [0.25, 0.3) is 0 Å². The maximum Gasteiger partial charge on any atom is 0.0449 e. The molecule has 1 N–H and O–H groups in total. The Hall–Kier alpha value is -0.860. The maximum absolute atomic E-state index is 3.69. The normalized spacial score (nSPS) is 18.7. The smallest absolute Gasteiger partial charge is 0.0449 e. The van der Waals surface area contributed by atoms with E-state index >= 15 is 0 Å². The molecule has 1 aliphatic heterocycles. The largest absolute Gasteiger partial charge is 0.309 e. The van der Waals surface area contributed by atoms with Crippen molar-refractivity contribution in [3.05, 3.63) is 35.9 Å². The second-order valence-corrected chi connectivity index (χ2v) is 5.28. The summed E-state index contributed by atoms with van der Waals surface area (Å²) in [4.78, 5) is 2.61. The van der Waals surface area contributed by atoms with Gasteiger partial charge in [0.15, 0.2) is 0 Å². The molecule has 100 valence electrons. The Morgan fingerprint density at radius 3 is 2.50 bits per heavy atom. The minimum Gasteiger partial charge on any atom is -0.309 e. The average molecular weight is 246 g/mol. The molecule has 0 radical (unpaired) electrons. The Balaban J connectivity index is 1.95. The third kappa shape index (κ3) is 4.11. The fraction of sp³-hybridized carbons (Fsp3) is 0.625. The molecule has 0 bridgehead atoms. The van der Waals surface area contributed by atoms with Gasteiger partial charge in [-0.2, -0.15) is 0 Å². The van der Waals surface area contributed by atoms with E-state index in [4.69, 9.17) is 0 Å². The van der Waals surface area contributed by atoms with Crippen molar-refractivity contribution in [1.82, 2.24) is 10.2 Å². The van der Waals surface area contributed by atoms with Crippen LogP contribution >= 0.6 is 0 Å². The predicted octanol–water partition coefficient (Wildman–Crippen LogP) is 3.21. The molecule has 18 heavy (non-hydrogen) atoms. The van der Waals surface area contributed by atoms with Gasteiger partial charge in [-0.25, -0.2) is 0 Å². The molecule has 1 atom stereocenters. The minimum atomic E-state index is 0.490. The zero-order chi connectivity index (χ0) is 12.6. The number of nitrogens with zero attached hydrogens (tertiary/aromatic N) is 1. The second kappa shape index (κ2) is 7.55. The number of likely N-dealkylation sites (tertiary alicyclic amines) is 1. The summed E-state index contributed by atoms with van der Waals surface area (Å²) in [5.41, 5.74) is 1.43. The van der Waals surface area contributed by atoms with Crippen LogP contribution in [0, 0.1) is 0 Å². The van der Waals surface area contributed by atoms with Crippen molar-refractivity contribution in [3.8, 4) is 0 Å². The number of piperidine rings is 1. The van der Waals surface area contributed by atoms with E-state index in [1.165, 1.54) is 44.3 Å². The summed E-state index contributed by atoms with van der Waals surface area (Å²) in [6, 6.07) is 11.4. The van der Waals surface area contributed by atoms with Crippen molar-refractivity contribution >= 4 is 0 Å². The van der Waals surface area contributed by atoms with Gasteiger partial charge >= 0.3 is 0 Å². The van der Waals surface area contributed by atoms with Crippen LogP contribution in [0.3, 0.4) is 0 Å². The van der Waals surface area contributed by atoms with Gasteiger partial charge in [0.1, 0.15) is 0 Å². The van der Waals surface area contributed by atoms with E-state index in [1.54, 1.807) is 0 Å². The SMILES string of the molecule is CCCN[C@@H](CN1CCCCC1)c1ccccc1. The first-order valence-corrected chi connectivity index (χ1v) is 7.41. The van der Waals surface area contributed by atoms with Crippen LogP contribution in [-0.2, 0) is 0 Å². The van der Waals surface area contributed by atoms with Crippen LogP contribution in [0.1, 0.15) is 44.2 Å². The van der Waals surface area contributed by atoms with Gasteiger partial charge in [-0.1, -0.05) is 43.7 Å². The monoisotopic (exact) mass is 246 g/mol. The van der Waals surface area contributed by atoms with Crippen LogP contribution in [0.2, 0.25) is 0 Å². The van der Waals surface area contributed by atoms with Crippen LogP contribution in [0.5, 0.6) is 0 Å². The second-order valence-electron chi connectivity index (χ2n) is 5.28. The molecule has 1 saturated heterocycles. The predicted molar refractivity (Wildman–Crippen MR) is 77.8 cm³/mol. The van der Waals surface area contributed by atoms with E-state index in [1.807, 2.05) is 0 Å². The van der Waals surface area contributed by atoms with E-state index in [2.05, 4.69) is 47.5 Å². The first-order valence-electron chi connectivity index (χ1n) is 7.41. The maximum atomic E-state index is 3.69. The van der Waals surface area contributed by atoms with Crippen LogP contribution in [0.4, 0.5) is 0 Å². The first kappa shape index (κ1) is 13.6. The molecule has 0 unspecified atom stereocenters.